The molecule has 0 aromatic heterocycles. The van der Waals surface area contributed by atoms with Crippen molar-refractivity contribution in [2.24, 2.45) is 0 Å². The van der Waals surface area contributed by atoms with E-state index in [2.05, 4.69) is 42.3 Å². The van der Waals surface area contributed by atoms with Gasteiger partial charge in [0.1, 0.15) is 5.75 Å². The van der Waals surface area contributed by atoms with Crippen molar-refractivity contribution in [3.8, 4) is 5.75 Å². The van der Waals surface area contributed by atoms with Crippen molar-refractivity contribution in [3.05, 3.63) is 29.3 Å². The lowest BCUT2D eigenvalue weighted by Crippen LogP contribution is -2.46. The van der Waals surface area contributed by atoms with Gasteiger partial charge in [-0.1, -0.05) is 6.07 Å². The maximum absolute atomic E-state index is 5.69. The molecule has 1 heterocycles. The largest absolute Gasteiger partial charge is 0.496 e. The highest BCUT2D eigenvalue weighted by Crippen LogP contribution is 2.24. The fourth-order valence-corrected chi connectivity index (χ4v) is 2.68. The Kier molecular flexibility index (Phi) is 5.40. The molecule has 4 nitrogen and oxygen atoms in total. The molecule has 1 aliphatic heterocycles. The lowest BCUT2D eigenvalue weighted by Gasteiger charge is -2.37. The Labute approximate surface area is 122 Å². The summed E-state index contributed by atoms with van der Waals surface area (Å²) in [6, 6.07) is 6.87. The van der Waals surface area contributed by atoms with E-state index in [-0.39, 0.29) is 0 Å². The van der Waals surface area contributed by atoms with Crippen molar-refractivity contribution in [1.29, 1.82) is 0 Å². The molecule has 0 aliphatic carbocycles. The molecular weight excluding hydrogens is 252 g/mol. The highest BCUT2D eigenvalue weighted by molar-refractivity contribution is 5.37. The first-order valence-electron chi connectivity index (χ1n) is 7.30. The predicted octanol–water partition coefficient (Wildman–Crippen LogP) is 2.02. The number of benzene rings is 1. The molecule has 112 valence electrons. The van der Waals surface area contributed by atoms with Gasteiger partial charge in [-0.2, -0.15) is 0 Å². The minimum Gasteiger partial charge on any atom is -0.496 e. The van der Waals surface area contributed by atoms with E-state index in [0.717, 1.165) is 32.0 Å². The van der Waals surface area contributed by atoms with Crippen molar-refractivity contribution in [1.82, 2.24) is 10.2 Å². The van der Waals surface area contributed by atoms with Crippen LogP contribution < -0.4 is 10.1 Å². The lowest BCUT2D eigenvalue weighted by molar-refractivity contribution is -0.0528. The van der Waals surface area contributed by atoms with E-state index < -0.39 is 0 Å². The average Bonchev–Trinajstić information content (AvgIpc) is 2.44. The first-order chi connectivity index (χ1) is 9.63. The summed E-state index contributed by atoms with van der Waals surface area (Å²) in [7, 11) is 3.71. The van der Waals surface area contributed by atoms with E-state index >= 15 is 0 Å². The van der Waals surface area contributed by atoms with Crippen LogP contribution in [-0.4, -0.2) is 44.4 Å². The zero-order valence-corrected chi connectivity index (χ0v) is 13.0. The third kappa shape index (κ3) is 3.72. The van der Waals surface area contributed by atoms with Crippen LogP contribution in [0.5, 0.6) is 5.75 Å². The van der Waals surface area contributed by atoms with Crippen LogP contribution in [0.4, 0.5) is 0 Å². The van der Waals surface area contributed by atoms with Crippen LogP contribution in [0.3, 0.4) is 0 Å². The number of ether oxygens (including phenoxy) is 2. The van der Waals surface area contributed by atoms with Crippen molar-refractivity contribution in [2.75, 3.05) is 27.3 Å². The quantitative estimate of drug-likeness (QED) is 0.893. The molecule has 0 amide bonds. The Hall–Kier alpha value is -1.10. The Morgan fingerprint density at radius 3 is 2.90 bits per heavy atom. The Morgan fingerprint density at radius 2 is 2.20 bits per heavy atom. The fraction of sp³-hybridized carbons (Fsp3) is 0.625. The standard InChI is InChI=1S/C16H26N2O2/c1-12-11-20-13(2)9-18(12)10-15-7-14(8-17-3)5-6-16(15)19-4/h5-7,12-13,17H,8-11H2,1-4H3. The summed E-state index contributed by atoms with van der Waals surface area (Å²) in [5, 5.41) is 3.19. The van der Waals surface area contributed by atoms with E-state index in [1.54, 1.807) is 7.11 Å². The summed E-state index contributed by atoms with van der Waals surface area (Å²) in [4.78, 5) is 2.47. The van der Waals surface area contributed by atoms with Crippen LogP contribution in [0.2, 0.25) is 0 Å². The maximum atomic E-state index is 5.69. The molecule has 1 N–H and O–H groups in total. The zero-order chi connectivity index (χ0) is 14.5. The Balaban J connectivity index is 2.15. The number of nitrogens with one attached hydrogen (secondary N) is 1. The van der Waals surface area contributed by atoms with Crippen LogP contribution in [0.1, 0.15) is 25.0 Å². The van der Waals surface area contributed by atoms with Gasteiger partial charge in [-0.25, -0.2) is 0 Å². The first-order valence-corrected chi connectivity index (χ1v) is 7.30. The normalized spacial score (nSPS) is 23.8. The molecule has 0 saturated carbocycles. The van der Waals surface area contributed by atoms with E-state index in [0.29, 0.717) is 12.1 Å². The molecule has 1 aliphatic rings. The molecule has 0 bridgehead atoms. The second-order valence-corrected chi connectivity index (χ2v) is 5.60. The van der Waals surface area contributed by atoms with Gasteiger partial charge < -0.3 is 14.8 Å². The van der Waals surface area contributed by atoms with Gasteiger partial charge in [-0.05, 0) is 38.6 Å². The Bertz CT molecular complexity index is 436. The van der Waals surface area contributed by atoms with E-state index in [1.165, 1.54) is 11.1 Å². The number of hydrogen-bond acceptors (Lipinski definition) is 4. The zero-order valence-electron chi connectivity index (χ0n) is 13.0. The third-order valence-electron chi connectivity index (χ3n) is 3.84. The number of methoxy groups -OCH3 is 1. The minimum absolute atomic E-state index is 0.303. The van der Waals surface area contributed by atoms with Crippen LogP contribution >= 0.6 is 0 Å². The van der Waals surface area contributed by atoms with Crippen molar-refractivity contribution >= 4 is 0 Å². The third-order valence-corrected chi connectivity index (χ3v) is 3.84. The number of morpholine rings is 1. The summed E-state index contributed by atoms with van der Waals surface area (Å²) < 4.78 is 11.2. The molecule has 2 rings (SSSR count). The van der Waals surface area contributed by atoms with Gasteiger partial charge in [0.05, 0.1) is 19.8 Å². The second-order valence-electron chi connectivity index (χ2n) is 5.60. The molecule has 0 radical (unpaired) electrons. The average molecular weight is 278 g/mol. The van der Waals surface area contributed by atoms with Crippen molar-refractivity contribution < 1.29 is 9.47 Å². The lowest BCUT2D eigenvalue weighted by atomic mass is 10.1. The van der Waals surface area contributed by atoms with Gasteiger partial charge in [0.2, 0.25) is 0 Å². The van der Waals surface area contributed by atoms with Gasteiger partial charge in [-0.3, -0.25) is 4.90 Å². The van der Waals surface area contributed by atoms with Gasteiger partial charge in [0.25, 0.3) is 0 Å². The molecule has 1 aromatic carbocycles. The fourth-order valence-electron chi connectivity index (χ4n) is 2.68. The molecule has 2 unspecified atom stereocenters. The number of hydrogen-bond donors (Lipinski definition) is 1. The van der Waals surface area contributed by atoms with Crippen LogP contribution in [0.25, 0.3) is 0 Å². The summed E-state index contributed by atoms with van der Waals surface area (Å²) >= 11 is 0. The molecule has 4 heteroatoms. The van der Waals surface area contributed by atoms with E-state index in [1.807, 2.05) is 7.05 Å². The van der Waals surface area contributed by atoms with Gasteiger partial charge in [-0.15, -0.1) is 0 Å². The molecule has 20 heavy (non-hydrogen) atoms. The number of rotatable bonds is 5. The molecule has 2 atom stereocenters. The van der Waals surface area contributed by atoms with Gasteiger partial charge in [0.15, 0.2) is 0 Å². The monoisotopic (exact) mass is 278 g/mol. The topological polar surface area (TPSA) is 33.7 Å². The highest BCUT2D eigenvalue weighted by atomic mass is 16.5. The summed E-state index contributed by atoms with van der Waals surface area (Å²) in [5.74, 6) is 0.969. The summed E-state index contributed by atoms with van der Waals surface area (Å²) in [6.45, 7) is 7.92. The molecule has 1 saturated heterocycles. The summed E-state index contributed by atoms with van der Waals surface area (Å²) in [6.07, 6.45) is 0.303. The van der Waals surface area contributed by atoms with Crippen LogP contribution in [0.15, 0.2) is 18.2 Å². The van der Waals surface area contributed by atoms with Crippen molar-refractivity contribution in [2.45, 2.75) is 39.1 Å². The van der Waals surface area contributed by atoms with Gasteiger partial charge in [0, 0.05) is 31.2 Å². The smallest absolute Gasteiger partial charge is 0.123 e. The predicted molar refractivity (Wildman–Crippen MR) is 81.0 cm³/mol. The Morgan fingerprint density at radius 1 is 1.40 bits per heavy atom. The van der Waals surface area contributed by atoms with Crippen molar-refractivity contribution in [3.63, 3.8) is 0 Å². The number of nitrogens with zero attached hydrogens (tertiary/aromatic N) is 1. The SMILES string of the molecule is CNCc1ccc(OC)c(CN2CC(C)OCC2C)c1. The van der Waals surface area contributed by atoms with E-state index in [4.69, 9.17) is 9.47 Å². The summed E-state index contributed by atoms with van der Waals surface area (Å²) in [5.41, 5.74) is 2.54. The molecule has 1 aromatic rings. The molecular formula is C16H26N2O2. The first kappa shape index (κ1) is 15.3. The second kappa shape index (κ2) is 7.07. The van der Waals surface area contributed by atoms with E-state index in [9.17, 15) is 0 Å². The molecule has 1 fully saturated rings. The van der Waals surface area contributed by atoms with Crippen LogP contribution in [0, 0.1) is 0 Å². The maximum Gasteiger partial charge on any atom is 0.123 e. The molecule has 0 spiro atoms. The van der Waals surface area contributed by atoms with Gasteiger partial charge >= 0.3 is 0 Å². The van der Waals surface area contributed by atoms with Crippen LogP contribution in [-0.2, 0) is 17.8 Å². The minimum atomic E-state index is 0.303. The highest BCUT2D eigenvalue weighted by Gasteiger charge is 2.24.